The summed E-state index contributed by atoms with van der Waals surface area (Å²) in [5.41, 5.74) is 4.10. The van der Waals surface area contributed by atoms with Crippen LogP contribution in [0.25, 0.3) is 11.8 Å². The van der Waals surface area contributed by atoms with Crippen molar-refractivity contribution in [2.75, 3.05) is 0 Å². The third kappa shape index (κ3) is 3.69. The summed E-state index contributed by atoms with van der Waals surface area (Å²) in [5, 5.41) is 4.13. The average Bonchev–Trinajstić information content (AvgIpc) is 3.00. The maximum atomic E-state index is 11.4. The molecule has 5 heteroatoms. The molecule has 0 bridgehead atoms. The van der Waals surface area contributed by atoms with E-state index in [1.165, 1.54) is 11.9 Å². The number of carbonyl (C=O) groups excluding carboxylic acids is 1. The third-order valence-corrected chi connectivity index (χ3v) is 3.29. The van der Waals surface area contributed by atoms with Gasteiger partial charge in [-0.3, -0.25) is 0 Å². The van der Waals surface area contributed by atoms with Gasteiger partial charge in [0.15, 0.2) is 0 Å². The molecule has 0 amide bonds. The second kappa shape index (κ2) is 6.85. The Morgan fingerprint density at radius 2 is 2.18 bits per heavy atom. The number of carbonyl (C=O) groups is 1. The standard InChI is InChI=1S/C17H19N3O2/c1-5-17(21)22-14(4)16(20-11-18-10-19-20)9-15-7-6-12(2)8-13(15)3/h5-11,14H,1H2,2-4H3/b16-9+. The molecule has 0 saturated carbocycles. The van der Waals surface area contributed by atoms with Crippen LogP contribution in [-0.4, -0.2) is 26.8 Å². The molecule has 0 aliphatic heterocycles. The summed E-state index contributed by atoms with van der Waals surface area (Å²) in [6.45, 7) is 9.29. The second-order valence-electron chi connectivity index (χ2n) is 5.05. The molecule has 0 spiro atoms. The fraction of sp³-hybridized carbons (Fsp3) is 0.235. The molecule has 2 rings (SSSR count). The zero-order chi connectivity index (χ0) is 16.1. The molecule has 0 fully saturated rings. The van der Waals surface area contributed by atoms with Gasteiger partial charge >= 0.3 is 5.97 Å². The summed E-state index contributed by atoms with van der Waals surface area (Å²) in [7, 11) is 0. The van der Waals surface area contributed by atoms with Crippen molar-refractivity contribution in [3.05, 3.63) is 60.2 Å². The van der Waals surface area contributed by atoms with Crippen LogP contribution in [0.4, 0.5) is 0 Å². The molecule has 114 valence electrons. The molecule has 0 aliphatic rings. The molecule has 22 heavy (non-hydrogen) atoms. The van der Waals surface area contributed by atoms with Gasteiger partial charge in [-0.15, -0.1) is 0 Å². The Kier molecular flexibility index (Phi) is 4.88. The highest BCUT2D eigenvalue weighted by molar-refractivity contribution is 5.83. The number of benzene rings is 1. The fourth-order valence-corrected chi connectivity index (χ4v) is 2.14. The monoisotopic (exact) mass is 297 g/mol. The largest absolute Gasteiger partial charge is 0.453 e. The van der Waals surface area contributed by atoms with Gasteiger partial charge in [0.05, 0.1) is 5.70 Å². The first-order valence-corrected chi connectivity index (χ1v) is 6.98. The quantitative estimate of drug-likeness (QED) is 0.629. The Morgan fingerprint density at radius 3 is 2.77 bits per heavy atom. The zero-order valence-corrected chi connectivity index (χ0v) is 13.0. The first-order valence-electron chi connectivity index (χ1n) is 6.98. The molecule has 5 nitrogen and oxygen atoms in total. The van der Waals surface area contributed by atoms with Gasteiger partial charge in [0.1, 0.15) is 18.8 Å². The molecule has 0 aliphatic carbocycles. The van der Waals surface area contributed by atoms with E-state index in [-0.39, 0.29) is 0 Å². The summed E-state index contributed by atoms with van der Waals surface area (Å²) in [6.07, 6.45) is 5.63. The lowest BCUT2D eigenvalue weighted by molar-refractivity contribution is -0.139. The Morgan fingerprint density at radius 1 is 1.41 bits per heavy atom. The highest BCUT2D eigenvalue weighted by Crippen LogP contribution is 2.20. The normalized spacial score (nSPS) is 12.8. The lowest BCUT2D eigenvalue weighted by Crippen LogP contribution is -2.19. The fourth-order valence-electron chi connectivity index (χ4n) is 2.14. The highest BCUT2D eigenvalue weighted by Gasteiger charge is 2.16. The van der Waals surface area contributed by atoms with Crippen molar-refractivity contribution >= 4 is 17.7 Å². The van der Waals surface area contributed by atoms with E-state index in [1.54, 1.807) is 17.9 Å². The predicted octanol–water partition coefficient (Wildman–Crippen LogP) is 3.01. The first-order chi connectivity index (χ1) is 10.5. The maximum Gasteiger partial charge on any atom is 0.330 e. The summed E-state index contributed by atoms with van der Waals surface area (Å²) in [5.74, 6) is -0.473. The van der Waals surface area contributed by atoms with Crippen LogP contribution in [0.3, 0.4) is 0 Å². The van der Waals surface area contributed by atoms with Crippen molar-refractivity contribution in [3.63, 3.8) is 0 Å². The van der Waals surface area contributed by atoms with Crippen LogP contribution < -0.4 is 0 Å². The smallest absolute Gasteiger partial charge is 0.330 e. The van der Waals surface area contributed by atoms with Crippen LogP contribution in [0.5, 0.6) is 0 Å². The van der Waals surface area contributed by atoms with E-state index >= 15 is 0 Å². The maximum absolute atomic E-state index is 11.4. The van der Waals surface area contributed by atoms with Crippen LogP contribution in [0.2, 0.25) is 0 Å². The van der Waals surface area contributed by atoms with Crippen molar-refractivity contribution < 1.29 is 9.53 Å². The Hall–Kier alpha value is -2.69. The van der Waals surface area contributed by atoms with Gasteiger partial charge in [0.2, 0.25) is 0 Å². The van der Waals surface area contributed by atoms with E-state index in [9.17, 15) is 4.79 Å². The Bertz CT molecular complexity index is 703. The number of nitrogens with zero attached hydrogens (tertiary/aromatic N) is 3. The third-order valence-electron chi connectivity index (χ3n) is 3.29. The van der Waals surface area contributed by atoms with Crippen LogP contribution in [0.15, 0.2) is 43.5 Å². The van der Waals surface area contributed by atoms with Crippen molar-refractivity contribution in [1.29, 1.82) is 0 Å². The molecular formula is C17H19N3O2. The minimum absolute atomic E-state index is 0.473. The molecule has 1 heterocycles. The van der Waals surface area contributed by atoms with Gasteiger partial charge < -0.3 is 4.74 Å². The predicted molar refractivity (Wildman–Crippen MR) is 85.9 cm³/mol. The van der Waals surface area contributed by atoms with Gasteiger partial charge in [0, 0.05) is 6.08 Å². The molecule has 1 aromatic heterocycles. The lowest BCUT2D eigenvalue weighted by Gasteiger charge is -2.16. The highest BCUT2D eigenvalue weighted by atomic mass is 16.5. The minimum atomic E-state index is -0.479. The molecule has 1 unspecified atom stereocenters. The molecule has 0 saturated heterocycles. The SMILES string of the molecule is C=CC(=O)OC(C)/C(=C\c1ccc(C)cc1C)n1cncn1. The molecule has 0 radical (unpaired) electrons. The number of hydrogen-bond donors (Lipinski definition) is 0. The Balaban J connectivity index is 2.42. The number of ether oxygens (including phenoxy) is 1. The van der Waals surface area contributed by atoms with E-state index in [2.05, 4.69) is 22.7 Å². The summed E-state index contributed by atoms with van der Waals surface area (Å²) < 4.78 is 6.90. The van der Waals surface area contributed by atoms with E-state index in [1.807, 2.05) is 32.1 Å². The number of aromatic nitrogens is 3. The first kappa shape index (κ1) is 15.7. The Labute approximate surface area is 129 Å². The number of esters is 1. The van der Waals surface area contributed by atoms with Crippen LogP contribution in [0.1, 0.15) is 23.6 Å². The summed E-state index contributed by atoms with van der Waals surface area (Å²) in [6, 6.07) is 6.17. The number of aryl methyl sites for hydroxylation is 2. The van der Waals surface area contributed by atoms with Gasteiger partial charge in [-0.1, -0.05) is 30.3 Å². The molecular weight excluding hydrogens is 278 g/mol. The summed E-state index contributed by atoms with van der Waals surface area (Å²) >= 11 is 0. The van der Waals surface area contributed by atoms with E-state index in [0.29, 0.717) is 0 Å². The molecule has 1 aromatic carbocycles. The van der Waals surface area contributed by atoms with E-state index < -0.39 is 12.1 Å². The molecule has 1 atom stereocenters. The van der Waals surface area contributed by atoms with Crippen molar-refractivity contribution in [3.8, 4) is 0 Å². The summed E-state index contributed by atoms with van der Waals surface area (Å²) in [4.78, 5) is 15.4. The van der Waals surface area contributed by atoms with Crippen molar-refractivity contribution in [1.82, 2.24) is 14.8 Å². The molecule has 2 aromatic rings. The topological polar surface area (TPSA) is 57.0 Å². The van der Waals surface area contributed by atoms with Crippen molar-refractivity contribution in [2.24, 2.45) is 0 Å². The number of hydrogen-bond acceptors (Lipinski definition) is 4. The van der Waals surface area contributed by atoms with E-state index in [0.717, 1.165) is 22.9 Å². The van der Waals surface area contributed by atoms with Crippen LogP contribution in [-0.2, 0) is 9.53 Å². The van der Waals surface area contributed by atoms with Crippen LogP contribution in [0, 0.1) is 13.8 Å². The average molecular weight is 297 g/mol. The zero-order valence-electron chi connectivity index (χ0n) is 13.0. The van der Waals surface area contributed by atoms with Gasteiger partial charge in [-0.05, 0) is 38.0 Å². The second-order valence-corrected chi connectivity index (χ2v) is 5.05. The van der Waals surface area contributed by atoms with E-state index in [4.69, 9.17) is 4.74 Å². The molecule has 0 N–H and O–H groups in total. The van der Waals surface area contributed by atoms with Gasteiger partial charge in [-0.25, -0.2) is 14.5 Å². The number of rotatable bonds is 5. The van der Waals surface area contributed by atoms with Gasteiger partial charge in [-0.2, -0.15) is 5.10 Å². The van der Waals surface area contributed by atoms with Crippen LogP contribution >= 0.6 is 0 Å². The lowest BCUT2D eigenvalue weighted by atomic mass is 10.0. The van der Waals surface area contributed by atoms with Gasteiger partial charge in [0.25, 0.3) is 0 Å². The minimum Gasteiger partial charge on any atom is -0.453 e. The van der Waals surface area contributed by atoms with Crippen molar-refractivity contribution in [2.45, 2.75) is 26.9 Å².